The molecule has 174 valence electrons. The van der Waals surface area contributed by atoms with Crippen LogP contribution < -0.4 is 9.47 Å². The van der Waals surface area contributed by atoms with Gasteiger partial charge in [-0.3, -0.25) is 4.79 Å². The summed E-state index contributed by atoms with van der Waals surface area (Å²) in [5.74, 6) is -1.01. The van der Waals surface area contributed by atoms with E-state index >= 15 is 0 Å². The van der Waals surface area contributed by atoms with E-state index < -0.39 is 26.3 Å². The smallest absolute Gasteiger partial charge is 0.493 e. The van der Waals surface area contributed by atoms with E-state index in [4.69, 9.17) is 27.9 Å². The summed E-state index contributed by atoms with van der Waals surface area (Å²) in [6, 6.07) is 4.81. The molecule has 0 spiro atoms. The summed E-state index contributed by atoms with van der Waals surface area (Å²) < 4.78 is 28.9. The molecule has 1 unspecified atom stereocenters. The Bertz CT molecular complexity index is 717. The van der Waals surface area contributed by atoms with E-state index in [1.165, 1.54) is 13.2 Å². The molecule has 0 aliphatic heterocycles. The molecule has 0 aliphatic carbocycles. The van der Waals surface area contributed by atoms with Crippen molar-refractivity contribution < 1.29 is 37.4 Å². The number of carbonyl (C=O) groups is 2. The molecule has 0 saturated carbocycles. The van der Waals surface area contributed by atoms with E-state index in [-0.39, 0.29) is 5.75 Å². The van der Waals surface area contributed by atoms with Crippen molar-refractivity contribution in [3.63, 3.8) is 0 Å². The van der Waals surface area contributed by atoms with Crippen molar-refractivity contribution in [2.45, 2.75) is 52.5 Å². The van der Waals surface area contributed by atoms with Crippen LogP contribution in [0.1, 0.15) is 52.5 Å². The maximum absolute atomic E-state index is 13.3. The first-order valence-electron chi connectivity index (χ1n) is 10.6. The molecule has 8 nitrogen and oxygen atoms in total. The maximum atomic E-state index is 13.3. The molecular weight excluding hydrogens is 420 g/mol. The van der Waals surface area contributed by atoms with Crippen LogP contribution >= 0.6 is 0 Å². The van der Waals surface area contributed by atoms with Gasteiger partial charge in [0.25, 0.3) is 0 Å². The van der Waals surface area contributed by atoms with Crippen LogP contribution in [0.2, 0.25) is 5.54 Å². The Labute approximate surface area is 185 Å². The Morgan fingerprint density at radius 2 is 1.65 bits per heavy atom. The number of rotatable bonds is 15. The fraction of sp³-hybridized carbons (Fsp3) is 0.545. The predicted octanol–water partition coefficient (Wildman–Crippen LogP) is 4.31. The molecule has 0 amide bonds. The van der Waals surface area contributed by atoms with Gasteiger partial charge in [0.05, 0.1) is 7.11 Å². The number of hydrogen-bond acceptors (Lipinski definition) is 7. The minimum absolute atomic E-state index is 0.230. The fourth-order valence-electron chi connectivity index (χ4n) is 3.10. The zero-order chi connectivity index (χ0) is 23.3. The predicted molar refractivity (Wildman–Crippen MR) is 119 cm³/mol. The van der Waals surface area contributed by atoms with Gasteiger partial charge in [0.15, 0.2) is 11.5 Å². The quantitative estimate of drug-likeness (QED) is 0.181. The summed E-state index contributed by atoms with van der Waals surface area (Å²) in [6.45, 7) is 8.64. The van der Waals surface area contributed by atoms with Crippen molar-refractivity contribution in [3.8, 4) is 11.5 Å². The highest BCUT2D eigenvalue weighted by Gasteiger charge is 2.53. The standard InChI is InChI=1S/C22H34O8Si/c1-6-10-11-20(31(27-7-2,28-8-3)29-9-4)22(25)30-18-14-12-17(13-15-21(23)24)16-19(18)26-5/h12-16,20H,6-11H2,1-5H3,(H,23,24)/b15-13+. The molecule has 0 saturated heterocycles. The average Bonchev–Trinajstić information content (AvgIpc) is 2.73. The van der Waals surface area contributed by atoms with E-state index in [1.54, 1.807) is 18.2 Å². The van der Waals surface area contributed by atoms with Gasteiger partial charge in [0.1, 0.15) is 5.54 Å². The number of carbonyl (C=O) groups excluding carboxylic acids is 1. The monoisotopic (exact) mass is 454 g/mol. The van der Waals surface area contributed by atoms with Crippen molar-refractivity contribution in [1.29, 1.82) is 0 Å². The molecule has 1 atom stereocenters. The number of hydrogen-bond donors (Lipinski definition) is 1. The first-order chi connectivity index (χ1) is 14.9. The summed E-state index contributed by atoms with van der Waals surface area (Å²) in [7, 11) is -1.88. The second kappa shape index (κ2) is 14.0. The Hall–Kier alpha value is -2.20. The second-order valence-corrected chi connectivity index (χ2v) is 9.37. The van der Waals surface area contributed by atoms with Crippen LogP contribution in [-0.2, 0) is 22.9 Å². The minimum Gasteiger partial charge on any atom is -0.493 e. The Balaban J connectivity index is 3.24. The molecule has 1 aromatic rings. The van der Waals surface area contributed by atoms with E-state index in [0.717, 1.165) is 18.9 Å². The molecule has 1 aromatic carbocycles. The van der Waals surface area contributed by atoms with Crippen molar-refractivity contribution >= 4 is 26.8 Å². The summed E-state index contributed by atoms with van der Waals surface area (Å²) in [4.78, 5) is 24.0. The van der Waals surface area contributed by atoms with Gasteiger partial charge in [-0.05, 0) is 51.0 Å². The Morgan fingerprint density at radius 3 is 2.13 bits per heavy atom. The fourth-order valence-corrected chi connectivity index (χ4v) is 6.06. The van der Waals surface area contributed by atoms with Gasteiger partial charge >= 0.3 is 20.7 Å². The lowest BCUT2D eigenvalue weighted by Crippen LogP contribution is -2.53. The molecule has 0 aromatic heterocycles. The lowest BCUT2D eigenvalue weighted by Gasteiger charge is -2.34. The lowest BCUT2D eigenvalue weighted by atomic mass is 10.2. The normalized spacial score (nSPS) is 12.7. The largest absolute Gasteiger partial charge is 0.515 e. The van der Waals surface area contributed by atoms with Crippen LogP contribution in [0.5, 0.6) is 11.5 Å². The van der Waals surface area contributed by atoms with Crippen molar-refractivity contribution in [2.24, 2.45) is 0 Å². The number of methoxy groups -OCH3 is 1. The van der Waals surface area contributed by atoms with Crippen LogP contribution in [0.4, 0.5) is 0 Å². The van der Waals surface area contributed by atoms with E-state index in [9.17, 15) is 9.59 Å². The molecule has 1 N–H and O–H groups in total. The highest BCUT2D eigenvalue weighted by molar-refractivity contribution is 6.66. The first-order valence-corrected chi connectivity index (χ1v) is 12.4. The summed E-state index contributed by atoms with van der Waals surface area (Å²) in [6.07, 6.45) is 4.65. The Kier molecular flexibility index (Phi) is 12.1. The zero-order valence-electron chi connectivity index (χ0n) is 19.0. The van der Waals surface area contributed by atoms with Crippen LogP contribution in [0.25, 0.3) is 6.08 Å². The molecule has 0 radical (unpaired) electrons. The van der Waals surface area contributed by atoms with Gasteiger partial charge in [0.2, 0.25) is 0 Å². The number of carboxylic acids is 1. The van der Waals surface area contributed by atoms with Crippen LogP contribution in [0.3, 0.4) is 0 Å². The molecule has 0 bridgehead atoms. The van der Waals surface area contributed by atoms with Gasteiger partial charge in [-0.25, -0.2) is 4.79 Å². The summed E-state index contributed by atoms with van der Waals surface area (Å²) in [5, 5.41) is 8.79. The number of benzene rings is 1. The van der Waals surface area contributed by atoms with E-state index in [1.807, 2.05) is 27.7 Å². The van der Waals surface area contributed by atoms with Crippen LogP contribution in [-0.4, -0.2) is 52.8 Å². The molecular formula is C22H34O8Si. The number of ether oxygens (including phenoxy) is 2. The zero-order valence-corrected chi connectivity index (χ0v) is 20.0. The molecule has 0 heterocycles. The van der Waals surface area contributed by atoms with Gasteiger partial charge in [-0.2, -0.15) is 0 Å². The third kappa shape index (κ3) is 8.10. The SMILES string of the molecule is CCCCC(C(=O)Oc1ccc(/C=C/C(=O)O)cc1OC)[Si](OCC)(OCC)OCC. The molecule has 0 aliphatic rings. The van der Waals surface area contributed by atoms with Crippen LogP contribution in [0.15, 0.2) is 24.3 Å². The highest BCUT2D eigenvalue weighted by Crippen LogP contribution is 2.35. The van der Waals surface area contributed by atoms with Gasteiger partial charge in [-0.15, -0.1) is 0 Å². The highest BCUT2D eigenvalue weighted by atomic mass is 28.4. The third-order valence-corrected chi connectivity index (χ3v) is 7.86. The van der Waals surface area contributed by atoms with Crippen molar-refractivity contribution in [2.75, 3.05) is 26.9 Å². The van der Waals surface area contributed by atoms with Gasteiger partial charge in [-0.1, -0.05) is 25.8 Å². The minimum atomic E-state index is -3.33. The average molecular weight is 455 g/mol. The van der Waals surface area contributed by atoms with Crippen molar-refractivity contribution in [3.05, 3.63) is 29.8 Å². The molecule has 0 fully saturated rings. The van der Waals surface area contributed by atoms with Crippen LogP contribution in [0, 0.1) is 0 Å². The van der Waals surface area contributed by atoms with E-state index in [2.05, 4.69) is 0 Å². The summed E-state index contributed by atoms with van der Waals surface area (Å²) in [5.41, 5.74) is -0.0770. The molecule has 31 heavy (non-hydrogen) atoms. The third-order valence-electron chi connectivity index (χ3n) is 4.41. The topological polar surface area (TPSA) is 101 Å². The Morgan fingerprint density at radius 1 is 1.03 bits per heavy atom. The van der Waals surface area contributed by atoms with Crippen molar-refractivity contribution in [1.82, 2.24) is 0 Å². The number of unbranched alkanes of at least 4 members (excludes halogenated alkanes) is 1. The molecule has 9 heteroatoms. The maximum Gasteiger partial charge on any atom is 0.515 e. The van der Waals surface area contributed by atoms with E-state index in [0.29, 0.717) is 37.6 Å². The van der Waals surface area contributed by atoms with Gasteiger partial charge in [0, 0.05) is 25.9 Å². The lowest BCUT2D eigenvalue weighted by molar-refractivity contribution is -0.136. The van der Waals surface area contributed by atoms with Gasteiger partial charge < -0.3 is 27.9 Å². The first kappa shape index (κ1) is 26.8. The summed E-state index contributed by atoms with van der Waals surface area (Å²) >= 11 is 0. The number of aliphatic carboxylic acids is 1. The second-order valence-electron chi connectivity index (χ2n) is 6.60. The molecule has 1 rings (SSSR count). The number of esters is 1. The number of carboxylic acid groups (broad SMARTS) is 1.